The molecule has 20 heavy (non-hydrogen) atoms. The molecule has 2 rings (SSSR count). The summed E-state index contributed by atoms with van der Waals surface area (Å²) in [5.74, 6) is 0.592. The predicted octanol–water partition coefficient (Wildman–Crippen LogP) is 1.08. The first-order valence-corrected chi connectivity index (χ1v) is 7.18. The third-order valence-electron chi connectivity index (χ3n) is 3.47. The van der Waals surface area contributed by atoms with Crippen LogP contribution in [0.5, 0.6) is 0 Å². The van der Waals surface area contributed by atoms with Crippen LogP contribution in [0.1, 0.15) is 29.8 Å². The largest absolute Gasteiger partial charge is 0.367 e. The van der Waals surface area contributed by atoms with Crippen molar-refractivity contribution >= 4 is 11.7 Å². The number of aromatic nitrogens is 2. The lowest BCUT2D eigenvalue weighted by Crippen LogP contribution is -2.33. The third-order valence-corrected chi connectivity index (χ3v) is 3.47. The Morgan fingerprint density at radius 3 is 2.60 bits per heavy atom. The second kappa shape index (κ2) is 7.19. The quantitative estimate of drug-likeness (QED) is 0.872. The molecule has 0 unspecified atom stereocenters. The Kier molecular flexibility index (Phi) is 5.29. The first-order chi connectivity index (χ1) is 9.66. The van der Waals surface area contributed by atoms with Gasteiger partial charge in [-0.2, -0.15) is 0 Å². The Morgan fingerprint density at radius 1 is 1.25 bits per heavy atom. The van der Waals surface area contributed by atoms with E-state index in [0.717, 1.165) is 18.9 Å². The SMILES string of the molecule is CN(C)C(=O)c1ccc(NCCN2CCCCC2)nn1. The second-order valence-corrected chi connectivity index (χ2v) is 5.33. The van der Waals surface area contributed by atoms with E-state index in [1.165, 1.54) is 37.3 Å². The van der Waals surface area contributed by atoms with Crippen molar-refractivity contribution in [3.05, 3.63) is 17.8 Å². The number of amides is 1. The fourth-order valence-electron chi connectivity index (χ4n) is 2.29. The van der Waals surface area contributed by atoms with Crippen LogP contribution in [0, 0.1) is 0 Å². The highest BCUT2D eigenvalue weighted by Crippen LogP contribution is 2.08. The van der Waals surface area contributed by atoms with Gasteiger partial charge >= 0.3 is 0 Å². The minimum absolute atomic E-state index is 0.127. The van der Waals surface area contributed by atoms with Gasteiger partial charge in [0.25, 0.3) is 5.91 Å². The average Bonchev–Trinajstić information content (AvgIpc) is 2.48. The van der Waals surface area contributed by atoms with E-state index in [2.05, 4.69) is 20.4 Å². The molecule has 0 atom stereocenters. The van der Waals surface area contributed by atoms with E-state index in [1.807, 2.05) is 0 Å². The second-order valence-electron chi connectivity index (χ2n) is 5.33. The zero-order valence-corrected chi connectivity index (χ0v) is 12.3. The molecule has 0 saturated carbocycles. The molecular weight excluding hydrogens is 254 g/mol. The molecule has 6 nitrogen and oxygen atoms in total. The van der Waals surface area contributed by atoms with Gasteiger partial charge in [-0.05, 0) is 38.1 Å². The Hall–Kier alpha value is -1.69. The summed E-state index contributed by atoms with van der Waals surface area (Å²) < 4.78 is 0. The van der Waals surface area contributed by atoms with Gasteiger partial charge in [0, 0.05) is 27.2 Å². The number of piperidine rings is 1. The molecule has 0 radical (unpaired) electrons. The molecule has 0 aromatic carbocycles. The van der Waals surface area contributed by atoms with Gasteiger partial charge in [-0.25, -0.2) is 0 Å². The van der Waals surface area contributed by atoms with Crippen molar-refractivity contribution in [1.82, 2.24) is 20.0 Å². The lowest BCUT2D eigenvalue weighted by Gasteiger charge is -2.26. The standard InChI is InChI=1S/C14H23N5O/c1-18(2)14(20)12-6-7-13(17-16-12)15-8-11-19-9-4-3-5-10-19/h6-7H,3-5,8-11H2,1-2H3,(H,15,17). The summed E-state index contributed by atoms with van der Waals surface area (Å²) in [6.45, 7) is 4.28. The van der Waals surface area contributed by atoms with Crippen LogP contribution >= 0.6 is 0 Å². The van der Waals surface area contributed by atoms with E-state index in [0.29, 0.717) is 5.69 Å². The number of likely N-dealkylation sites (tertiary alicyclic amines) is 1. The van der Waals surface area contributed by atoms with Crippen LogP contribution in [0.25, 0.3) is 0 Å². The first-order valence-electron chi connectivity index (χ1n) is 7.18. The lowest BCUT2D eigenvalue weighted by molar-refractivity contribution is 0.0821. The lowest BCUT2D eigenvalue weighted by atomic mass is 10.1. The zero-order chi connectivity index (χ0) is 14.4. The average molecular weight is 277 g/mol. The number of nitrogens with zero attached hydrogens (tertiary/aromatic N) is 4. The molecule has 1 N–H and O–H groups in total. The van der Waals surface area contributed by atoms with Gasteiger partial charge in [-0.15, -0.1) is 10.2 Å². The molecule has 1 aromatic rings. The molecule has 1 amide bonds. The van der Waals surface area contributed by atoms with Crippen LogP contribution in [-0.2, 0) is 0 Å². The fourth-order valence-corrected chi connectivity index (χ4v) is 2.29. The molecule has 1 fully saturated rings. The normalized spacial score (nSPS) is 15.9. The highest BCUT2D eigenvalue weighted by molar-refractivity contribution is 5.91. The predicted molar refractivity (Wildman–Crippen MR) is 78.8 cm³/mol. The highest BCUT2D eigenvalue weighted by Gasteiger charge is 2.11. The smallest absolute Gasteiger partial charge is 0.273 e. The third kappa shape index (κ3) is 4.16. The number of anilines is 1. The molecule has 0 aliphatic carbocycles. The van der Waals surface area contributed by atoms with Crippen molar-refractivity contribution in [3.8, 4) is 0 Å². The molecule has 0 spiro atoms. The van der Waals surface area contributed by atoms with Crippen molar-refractivity contribution in [2.45, 2.75) is 19.3 Å². The maximum atomic E-state index is 11.7. The highest BCUT2D eigenvalue weighted by atomic mass is 16.2. The molecule has 1 aliphatic rings. The Balaban J connectivity index is 1.77. The minimum Gasteiger partial charge on any atom is -0.367 e. The van der Waals surface area contributed by atoms with E-state index >= 15 is 0 Å². The molecule has 6 heteroatoms. The zero-order valence-electron chi connectivity index (χ0n) is 12.3. The maximum Gasteiger partial charge on any atom is 0.273 e. The van der Waals surface area contributed by atoms with E-state index in [-0.39, 0.29) is 5.91 Å². The van der Waals surface area contributed by atoms with E-state index < -0.39 is 0 Å². The van der Waals surface area contributed by atoms with Crippen LogP contribution in [0.15, 0.2) is 12.1 Å². The molecule has 110 valence electrons. The van der Waals surface area contributed by atoms with Gasteiger partial charge in [0.05, 0.1) is 0 Å². The van der Waals surface area contributed by atoms with Crippen molar-refractivity contribution in [2.24, 2.45) is 0 Å². The van der Waals surface area contributed by atoms with E-state index in [4.69, 9.17) is 0 Å². The fraction of sp³-hybridized carbons (Fsp3) is 0.643. The number of rotatable bonds is 5. The topological polar surface area (TPSA) is 61.4 Å². The molecule has 1 aliphatic heterocycles. The van der Waals surface area contributed by atoms with Crippen molar-refractivity contribution < 1.29 is 4.79 Å². The number of carbonyl (C=O) groups excluding carboxylic acids is 1. The summed E-state index contributed by atoms with van der Waals surface area (Å²) in [6.07, 6.45) is 3.97. The van der Waals surface area contributed by atoms with Gasteiger partial charge in [0.15, 0.2) is 5.69 Å². The summed E-state index contributed by atoms with van der Waals surface area (Å²) >= 11 is 0. The summed E-state index contributed by atoms with van der Waals surface area (Å²) in [7, 11) is 3.41. The van der Waals surface area contributed by atoms with E-state index in [1.54, 1.807) is 26.2 Å². The van der Waals surface area contributed by atoms with Crippen LogP contribution in [0.3, 0.4) is 0 Å². The van der Waals surface area contributed by atoms with Gasteiger partial charge in [0.2, 0.25) is 0 Å². The van der Waals surface area contributed by atoms with Crippen molar-refractivity contribution in [2.75, 3.05) is 45.6 Å². The summed E-state index contributed by atoms with van der Waals surface area (Å²) in [6, 6.07) is 3.51. The summed E-state index contributed by atoms with van der Waals surface area (Å²) in [4.78, 5) is 15.6. The van der Waals surface area contributed by atoms with Crippen molar-refractivity contribution in [1.29, 1.82) is 0 Å². The van der Waals surface area contributed by atoms with Crippen molar-refractivity contribution in [3.63, 3.8) is 0 Å². The maximum absolute atomic E-state index is 11.7. The Labute approximate surface area is 120 Å². The van der Waals surface area contributed by atoms with E-state index in [9.17, 15) is 4.79 Å². The molecule has 1 saturated heterocycles. The molecule has 2 heterocycles. The van der Waals surface area contributed by atoms with Crippen LogP contribution in [0.4, 0.5) is 5.82 Å². The molecular formula is C14H23N5O. The number of hydrogen-bond donors (Lipinski definition) is 1. The Morgan fingerprint density at radius 2 is 2.00 bits per heavy atom. The van der Waals surface area contributed by atoms with Crippen LogP contribution < -0.4 is 5.32 Å². The molecule has 0 bridgehead atoms. The Bertz CT molecular complexity index is 426. The number of nitrogens with one attached hydrogen (secondary N) is 1. The van der Waals surface area contributed by atoms with Gasteiger partial charge in [0.1, 0.15) is 5.82 Å². The van der Waals surface area contributed by atoms with Crippen LogP contribution in [0.2, 0.25) is 0 Å². The van der Waals surface area contributed by atoms with Crippen LogP contribution in [-0.4, -0.2) is 66.2 Å². The van der Waals surface area contributed by atoms with Gasteiger partial charge in [-0.1, -0.05) is 6.42 Å². The number of hydrogen-bond acceptors (Lipinski definition) is 5. The van der Waals surface area contributed by atoms with Gasteiger partial charge in [-0.3, -0.25) is 4.79 Å². The number of carbonyl (C=O) groups is 1. The molecule has 1 aromatic heterocycles. The minimum atomic E-state index is -0.127. The summed E-state index contributed by atoms with van der Waals surface area (Å²) in [5.41, 5.74) is 0.372. The van der Waals surface area contributed by atoms with Gasteiger partial charge < -0.3 is 15.1 Å². The first kappa shape index (κ1) is 14.7. The monoisotopic (exact) mass is 277 g/mol. The summed E-state index contributed by atoms with van der Waals surface area (Å²) in [5, 5.41) is 11.2.